The average Bonchev–Trinajstić information content (AvgIpc) is 2.56. The van der Waals surface area contributed by atoms with Crippen LogP contribution in [0.15, 0.2) is 18.2 Å². The van der Waals surface area contributed by atoms with Gasteiger partial charge >= 0.3 is 0 Å². The summed E-state index contributed by atoms with van der Waals surface area (Å²) in [6.07, 6.45) is 0.514. The predicted molar refractivity (Wildman–Crippen MR) is 68.1 cm³/mol. The highest BCUT2D eigenvalue weighted by Crippen LogP contribution is 2.38. The molecule has 2 atom stereocenters. The van der Waals surface area contributed by atoms with Crippen molar-refractivity contribution in [3.63, 3.8) is 0 Å². The second-order valence-electron chi connectivity index (χ2n) is 4.84. The topological polar surface area (TPSA) is 23.5 Å². The molecule has 1 aromatic carbocycles. The summed E-state index contributed by atoms with van der Waals surface area (Å²) in [5.41, 5.74) is 4.13. The first-order chi connectivity index (χ1) is 7.63. The number of likely N-dealkylation sites (N-methyl/N-ethyl adjacent to an activating group) is 1. The molecule has 0 amide bonds. The Kier molecular flexibility index (Phi) is 3.20. The average molecular weight is 219 g/mol. The van der Waals surface area contributed by atoms with Crippen LogP contribution in [0.4, 0.5) is 5.69 Å². The van der Waals surface area contributed by atoms with Gasteiger partial charge in [0.25, 0.3) is 0 Å². The number of hydrogen-bond donors (Lipinski definition) is 1. The Labute approximate surface area is 97.9 Å². The van der Waals surface area contributed by atoms with E-state index in [1.165, 1.54) is 16.8 Å². The van der Waals surface area contributed by atoms with E-state index in [-0.39, 0.29) is 6.10 Å². The van der Waals surface area contributed by atoms with E-state index in [9.17, 15) is 5.11 Å². The van der Waals surface area contributed by atoms with Crippen molar-refractivity contribution in [3.8, 4) is 0 Å². The van der Waals surface area contributed by atoms with Gasteiger partial charge in [0.05, 0.1) is 6.10 Å². The molecular formula is C14H21NO. The van der Waals surface area contributed by atoms with Crippen LogP contribution in [0.25, 0.3) is 0 Å². The Hall–Kier alpha value is -1.02. The van der Waals surface area contributed by atoms with Crippen molar-refractivity contribution in [2.45, 2.75) is 39.2 Å². The molecule has 1 heterocycles. The number of aliphatic hydroxyl groups is 1. The number of anilines is 1. The summed E-state index contributed by atoms with van der Waals surface area (Å²) in [5.74, 6) is 0.588. The van der Waals surface area contributed by atoms with Gasteiger partial charge in [-0.2, -0.15) is 0 Å². The molecule has 0 bridgehead atoms. The van der Waals surface area contributed by atoms with Gasteiger partial charge in [0, 0.05) is 24.7 Å². The summed E-state index contributed by atoms with van der Waals surface area (Å²) in [4.78, 5) is 2.42. The highest BCUT2D eigenvalue weighted by atomic mass is 16.3. The molecule has 0 aromatic heterocycles. The normalized spacial score (nSPS) is 21.0. The van der Waals surface area contributed by atoms with Crippen LogP contribution in [0, 0.1) is 0 Å². The zero-order chi connectivity index (χ0) is 11.7. The van der Waals surface area contributed by atoms with Gasteiger partial charge in [0.15, 0.2) is 0 Å². The summed E-state index contributed by atoms with van der Waals surface area (Å²) in [6.45, 7) is 8.51. The van der Waals surface area contributed by atoms with Gasteiger partial charge in [-0.05, 0) is 37.5 Å². The molecule has 16 heavy (non-hydrogen) atoms. The number of benzene rings is 1. The van der Waals surface area contributed by atoms with Crippen molar-refractivity contribution in [2.24, 2.45) is 0 Å². The lowest BCUT2D eigenvalue weighted by molar-refractivity contribution is 0.195. The molecular weight excluding hydrogens is 198 g/mol. The third kappa shape index (κ3) is 1.94. The first-order valence-electron chi connectivity index (χ1n) is 6.18. The molecule has 0 aliphatic carbocycles. The molecule has 1 aromatic rings. The lowest BCUT2D eigenvalue weighted by atomic mass is 9.94. The first kappa shape index (κ1) is 11.5. The van der Waals surface area contributed by atoms with Gasteiger partial charge < -0.3 is 10.0 Å². The molecule has 88 valence electrons. The highest BCUT2D eigenvalue weighted by Gasteiger charge is 2.26. The van der Waals surface area contributed by atoms with Gasteiger partial charge in [-0.15, -0.1) is 0 Å². The number of rotatable bonds is 3. The number of aliphatic hydroxyl groups excluding tert-OH is 1. The summed E-state index contributed by atoms with van der Waals surface area (Å²) < 4.78 is 0. The van der Waals surface area contributed by atoms with Crippen LogP contribution in [-0.2, 0) is 6.42 Å². The molecule has 0 radical (unpaired) electrons. The van der Waals surface area contributed by atoms with E-state index in [0.717, 1.165) is 19.5 Å². The van der Waals surface area contributed by atoms with Crippen molar-refractivity contribution < 1.29 is 5.11 Å². The fourth-order valence-electron chi connectivity index (χ4n) is 2.76. The van der Waals surface area contributed by atoms with Crippen LogP contribution in [0.2, 0.25) is 0 Å². The van der Waals surface area contributed by atoms with Crippen LogP contribution in [0.1, 0.15) is 37.8 Å². The number of hydrogen-bond acceptors (Lipinski definition) is 2. The van der Waals surface area contributed by atoms with Gasteiger partial charge in [0.2, 0.25) is 0 Å². The Morgan fingerprint density at radius 3 is 2.88 bits per heavy atom. The number of fused-ring (bicyclic) bond motifs is 1. The van der Waals surface area contributed by atoms with Gasteiger partial charge in [0.1, 0.15) is 0 Å². The van der Waals surface area contributed by atoms with Crippen molar-refractivity contribution in [1.82, 2.24) is 0 Å². The van der Waals surface area contributed by atoms with Crippen molar-refractivity contribution in [2.75, 3.05) is 18.0 Å². The first-order valence-corrected chi connectivity index (χ1v) is 6.18. The Bertz CT molecular complexity index is 373. The molecule has 2 unspecified atom stereocenters. The molecule has 0 saturated heterocycles. The lowest BCUT2D eigenvalue weighted by Crippen LogP contribution is -2.20. The van der Waals surface area contributed by atoms with E-state index < -0.39 is 0 Å². The Morgan fingerprint density at radius 1 is 1.50 bits per heavy atom. The zero-order valence-corrected chi connectivity index (χ0v) is 10.4. The van der Waals surface area contributed by atoms with E-state index in [4.69, 9.17) is 0 Å². The predicted octanol–water partition coefficient (Wildman–Crippen LogP) is 2.55. The fourth-order valence-corrected chi connectivity index (χ4v) is 2.76. The highest BCUT2D eigenvalue weighted by molar-refractivity contribution is 5.63. The molecule has 0 spiro atoms. The minimum Gasteiger partial charge on any atom is -0.393 e. The third-order valence-electron chi connectivity index (χ3n) is 3.40. The van der Waals surface area contributed by atoms with Crippen molar-refractivity contribution >= 4 is 5.69 Å². The Balaban J connectivity index is 2.39. The molecule has 1 aliphatic heterocycles. The maximum Gasteiger partial charge on any atom is 0.0552 e. The molecule has 2 rings (SSSR count). The van der Waals surface area contributed by atoms with E-state index in [0.29, 0.717) is 5.92 Å². The fraction of sp³-hybridized carbons (Fsp3) is 0.571. The van der Waals surface area contributed by atoms with E-state index >= 15 is 0 Å². The molecule has 0 fully saturated rings. The summed E-state index contributed by atoms with van der Waals surface area (Å²) in [5, 5.41) is 9.53. The van der Waals surface area contributed by atoms with Crippen molar-refractivity contribution in [3.05, 3.63) is 29.3 Å². The van der Waals surface area contributed by atoms with Crippen molar-refractivity contribution in [1.29, 1.82) is 0 Å². The molecule has 2 nitrogen and oxygen atoms in total. The monoisotopic (exact) mass is 219 g/mol. The quantitative estimate of drug-likeness (QED) is 0.844. The third-order valence-corrected chi connectivity index (χ3v) is 3.40. The smallest absolute Gasteiger partial charge is 0.0552 e. The SMILES string of the molecule is CCN1CC(C)c2c(CC(C)O)cccc21. The summed E-state index contributed by atoms with van der Waals surface area (Å²) in [7, 11) is 0. The molecule has 1 aliphatic rings. The zero-order valence-electron chi connectivity index (χ0n) is 10.4. The van der Waals surface area contributed by atoms with E-state index in [2.05, 4.69) is 36.9 Å². The summed E-state index contributed by atoms with van der Waals surface area (Å²) >= 11 is 0. The van der Waals surface area contributed by atoms with Crippen LogP contribution in [0.5, 0.6) is 0 Å². The van der Waals surface area contributed by atoms with Crippen LogP contribution < -0.4 is 4.90 Å². The minimum atomic E-state index is -0.255. The molecule has 2 heteroatoms. The van der Waals surface area contributed by atoms with Crippen LogP contribution >= 0.6 is 0 Å². The van der Waals surface area contributed by atoms with E-state index in [1.54, 1.807) is 0 Å². The standard InChI is InChI=1S/C14H21NO/c1-4-15-9-10(2)14-12(8-11(3)16)6-5-7-13(14)15/h5-7,10-11,16H,4,8-9H2,1-3H3. The second kappa shape index (κ2) is 4.46. The van der Waals surface area contributed by atoms with Gasteiger partial charge in [-0.1, -0.05) is 19.1 Å². The summed E-state index contributed by atoms with van der Waals surface area (Å²) in [6, 6.07) is 6.46. The van der Waals surface area contributed by atoms with Crippen LogP contribution in [0.3, 0.4) is 0 Å². The largest absolute Gasteiger partial charge is 0.393 e. The van der Waals surface area contributed by atoms with Gasteiger partial charge in [-0.25, -0.2) is 0 Å². The Morgan fingerprint density at radius 2 is 2.25 bits per heavy atom. The lowest BCUT2D eigenvalue weighted by Gasteiger charge is -2.17. The molecule has 0 saturated carbocycles. The van der Waals surface area contributed by atoms with Gasteiger partial charge in [-0.3, -0.25) is 0 Å². The van der Waals surface area contributed by atoms with Crippen LogP contribution in [-0.4, -0.2) is 24.3 Å². The molecule has 1 N–H and O–H groups in total. The van der Waals surface area contributed by atoms with E-state index in [1.807, 2.05) is 6.92 Å². The number of nitrogens with zero attached hydrogens (tertiary/aromatic N) is 1. The maximum absolute atomic E-state index is 9.53. The minimum absolute atomic E-state index is 0.255. The second-order valence-corrected chi connectivity index (χ2v) is 4.84. The maximum atomic E-state index is 9.53.